The molecule has 9 nitrogen and oxygen atoms in total. The van der Waals surface area contributed by atoms with Gasteiger partial charge < -0.3 is 24.6 Å². The number of carboxylic acids is 1. The van der Waals surface area contributed by atoms with E-state index in [-0.39, 0.29) is 48.9 Å². The Bertz CT molecular complexity index is 1010. The second kappa shape index (κ2) is 8.23. The van der Waals surface area contributed by atoms with Crippen molar-refractivity contribution >= 4 is 41.1 Å². The average Bonchev–Trinajstić information content (AvgIpc) is 3.24. The van der Waals surface area contributed by atoms with Gasteiger partial charge in [0.1, 0.15) is 11.8 Å². The van der Waals surface area contributed by atoms with E-state index in [4.69, 9.17) is 9.52 Å². The molecule has 1 aromatic carbocycles. The van der Waals surface area contributed by atoms with Crippen LogP contribution in [0.3, 0.4) is 0 Å². The number of furan rings is 1. The Hall–Kier alpha value is -3.27. The Labute approximate surface area is 176 Å². The third-order valence-electron chi connectivity index (χ3n) is 5.06. The molecule has 30 heavy (non-hydrogen) atoms. The zero-order chi connectivity index (χ0) is 21.3. The van der Waals surface area contributed by atoms with Crippen LogP contribution in [-0.4, -0.2) is 75.8 Å². The summed E-state index contributed by atoms with van der Waals surface area (Å²) in [6, 6.07) is 7.87. The lowest BCUT2D eigenvalue weighted by Crippen LogP contribution is -2.59. The third kappa shape index (κ3) is 3.90. The van der Waals surface area contributed by atoms with Gasteiger partial charge in [0, 0.05) is 18.7 Å². The predicted octanol–water partition coefficient (Wildman–Crippen LogP) is 1.37. The smallest absolute Gasteiger partial charge is 0.313 e. The van der Waals surface area contributed by atoms with Crippen LogP contribution in [0.1, 0.15) is 10.4 Å². The van der Waals surface area contributed by atoms with Crippen molar-refractivity contribution in [3.63, 3.8) is 0 Å². The molecule has 4 rings (SSSR count). The summed E-state index contributed by atoms with van der Waals surface area (Å²) in [7, 11) is 0. The molecule has 0 saturated carbocycles. The van der Waals surface area contributed by atoms with Gasteiger partial charge in [-0.05, 0) is 30.3 Å². The maximum atomic E-state index is 13.2. The minimum absolute atomic E-state index is 0.0152. The number of aliphatic carboxylic acids is 1. The van der Waals surface area contributed by atoms with E-state index in [1.807, 2.05) is 0 Å². The van der Waals surface area contributed by atoms with Crippen molar-refractivity contribution in [1.82, 2.24) is 9.80 Å². The topological polar surface area (TPSA) is 120 Å². The quantitative estimate of drug-likeness (QED) is 0.736. The summed E-state index contributed by atoms with van der Waals surface area (Å²) < 4.78 is 5.40. The lowest BCUT2D eigenvalue weighted by molar-refractivity contribution is -0.134. The first-order valence-corrected chi connectivity index (χ1v) is 10.5. The molecule has 3 amide bonds. The maximum Gasteiger partial charge on any atom is 0.313 e. The minimum atomic E-state index is -0.988. The highest BCUT2D eigenvalue weighted by molar-refractivity contribution is 8.00. The first kappa shape index (κ1) is 20.0. The number of piperazine rings is 1. The number of anilines is 1. The number of nitrogens with one attached hydrogen (secondary N) is 1. The Morgan fingerprint density at radius 1 is 1.20 bits per heavy atom. The van der Waals surface area contributed by atoms with E-state index >= 15 is 0 Å². The Balaban J connectivity index is 1.52. The zero-order valence-corrected chi connectivity index (χ0v) is 16.7. The van der Waals surface area contributed by atoms with Crippen LogP contribution in [0.2, 0.25) is 0 Å². The monoisotopic (exact) mass is 429 g/mol. The molecule has 156 valence electrons. The normalized spacial score (nSPS) is 18.3. The second-order valence-electron chi connectivity index (χ2n) is 6.97. The van der Waals surface area contributed by atoms with Crippen molar-refractivity contribution in [3.05, 3.63) is 42.2 Å². The van der Waals surface area contributed by atoms with Gasteiger partial charge in [-0.2, -0.15) is 0 Å². The summed E-state index contributed by atoms with van der Waals surface area (Å²) in [6.45, 7) is 0.578. The van der Waals surface area contributed by atoms with E-state index in [9.17, 15) is 19.2 Å². The number of benzene rings is 1. The van der Waals surface area contributed by atoms with Crippen LogP contribution in [0.25, 0.3) is 11.3 Å². The maximum absolute atomic E-state index is 13.2. The molecule has 0 radical (unpaired) electrons. The van der Waals surface area contributed by atoms with E-state index in [2.05, 4.69) is 5.32 Å². The van der Waals surface area contributed by atoms with Crippen LogP contribution >= 0.6 is 11.8 Å². The number of nitrogens with zero attached hydrogens (tertiary/aromatic N) is 2. The van der Waals surface area contributed by atoms with Crippen molar-refractivity contribution in [3.8, 4) is 11.3 Å². The van der Waals surface area contributed by atoms with E-state index in [0.717, 1.165) is 17.3 Å². The molecule has 2 aromatic rings. The highest BCUT2D eigenvalue weighted by atomic mass is 32.2. The van der Waals surface area contributed by atoms with Gasteiger partial charge in [-0.15, -0.1) is 11.8 Å². The van der Waals surface area contributed by atoms with Crippen molar-refractivity contribution in [2.24, 2.45) is 0 Å². The predicted molar refractivity (Wildman–Crippen MR) is 109 cm³/mol. The summed E-state index contributed by atoms with van der Waals surface area (Å²) in [5.74, 6) is -1.41. The molecule has 1 saturated heterocycles. The number of hydrogen-bond donors (Lipinski definition) is 2. The summed E-state index contributed by atoms with van der Waals surface area (Å²) in [6.07, 6.45) is 1.55. The molecule has 0 spiro atoms. The number of rotatable bonds is 5. The van der Waals surface area contributed by atoms with Gasteiger partial charge in [0.05, 0.1) is 35.6 Å². The van der Waals surface area contributed by atoms with Crippen LogP contribution in [0.15, 0.2) is 41.0 Å². The summed E-state index contributed by atoms with van der Waals surface area (Å²) >= 11 is 1.01. The van der Waals surface area contributed by atoms with Crippen LogP contribution in [0.4, 0.5) is 5.69 Å². The van der Waals surface area contributed by atoms with E-state index in [1.165, 1.54) is 9.80 Å². The fraction of sp³-hybridized carbons (Fsp3) is 0.300. The van der Waals surface area contributed by atoms with E-state index in [0.29, 0.717) is 17.0 Å². The molecular weight excluding hydrogens is 410 g/mol. The largest absolute Gasteiger partial charge is 0.481 e. The van der Waals surface area contributed by atoms with Gasteiger partial charge in [0.2, 0.25) is 11.8 Å². The second-order valence-corrected chi connectivity index (χ2v) is 7.95. The highest BCUT2D eigenvalue weighted by Gasteiger charge is 2.40. The van der Waals surface area contributed by atoms with Gasteiger partial charge in [-0.25, -0.2) is 0 Å². The van der Waals surface area contributed by atoms with Crippen LogP contribution < -0.4 is 5.32 Å². The molecular formula is C20H19N3O6S. The first-order valence-electron chi connectivity index (χ1n) is 9.31. The number of thioether (sulfide) groups is 1. The third-order valence-corrected chi connectivity index (χ3v) is 5.96. The van der Waals surface area contributed by atoms with Crippen molar-refractivity contribution in [2.45, 2.75) is 6.04 Å². The molecule has 1 atom stereocenters. The fourth-order valence-electron chi connectivity index (χ4n) is 3.59. The average molecular weight is 429 g/mol. The SMILES string of the molecule is O=C(O)CSCC(=O)N1CCN2C(=O)c3cc(-c4ccco4)ccc3NC(=O)C2C1. The molecule has 2 aliphatic rings. The van der Waals surface area contributed by atoms with Crippen LogP contribution in [-0.2, 0) is 14.4 Å². The van der Waals surface area contributed by atoms with Crippen molar-refractivity contribution < 1.29 is 28.7 Å². The number of hydrogen-bond acceptors (Lipinski definition) is 6. The van der Waals surface area contributed by atoms with Gasteiger partial charge in [0.25, 0.3) is 5.91 Å². The Morgan fingerprint density at radius 3 is 2.77 bits per heavy atom. The number of carbonyl (C=O) groups is 4. The molecule has 3 heterocycles. The standard InChI is InChI=1S/C20H19N3O6S/c24-17(10-30-11-18(25)26)22-5-6-23-15(9-22)19(27)21-14-4-3-12(8-13(14)20(23)28)16-2-1-7-29-16/h1-4,7-8,15H,5-6,9-11H2,(H,21,27)(H,25,26). The molecule has 1 fully saturated rings. The Kier molecular flexibility index (Phi) is 5.49. The van der Waals surface area contributed by atoms with E-state index < -0.39 is 12.0 Å². The molecule has 2 N–H and O–H groups in total. The van der Waals surface area contributed by atoms with Gasteiger partial charge in [-0.1, -0.05) is 0 Å². The minimum Gasteiger partial charge on any atom is -0.481 e. The van der Waals surface area contributed by atoms with Crippen molar-refractivity contribution in [2.75, 3.05) is 36.5 Å². The summed E-state index contributed by atoms with van der Waals surface area (Å²) in [5, 5.41) is 11.5. The first-order chi connectivity index (χ1) is 14.4. The number of fused-ring (bicyclic) bond motifs is 2. The zero-order valence-electron chi connectivity index (χ0n) is 15.9. The summed E-state index contributed by atoms with van der Waals surface area (Å²) in [5.41, 5.74) is 1.52. The molecule has 0 bridgehead atoms. The van der Waals surface area contributed by atoms with Gasteiger partial charge in [-0.3, -0.25) is 19.2 Å². The number of amides is 3. The van der Waals surface area contributed by atoms with E-state index in [1.54, 1.807) is 36.6 Å². The molecule has 1 aromatic heterocycles. The Morgan fingerprint density at radius 2 is 2.03 bits per heavy atom. The fourth-order valence-corrected chi connectivity index (χ4v) is 4.22. The van der Waals surface area contributed by atoms with Crippen molar-refractivity contribution in [1.29, 1.82) is 0 Å². The highest BCUT2D eigenvalue weighted by Crippen LogP contribution is 2.30. The molecule has 2 aliphatic heterocycles. The van der Waals surface area contributed by atoms with Crippen LogP contribution in [0, 0.1) is 0 Å². The number of carboxylic acid groups (broad SMARTS) is 1. The summed E-state index contributed by atoms with van der Waals surface area (Å²) in [4.78, 5) is 52.0. The molecule has 1 unspecified atom stereocenters. The lowest BCUT2D eigenvalue weighted by atomic mass is 10.1. The van der Waals surface area contributed by atoms with Crippen LogP contribution in [0.5, 0.6) is 0 Å². The van der Waals surface area contributed by atoms with Gasteiger partial charge >= 0.3 is 5.97 Å². The molecule has 0 aliphatic carbocycles. The van der Waals surface area contributed by atoms with Gasteiger partial charge in [0.15, 0.2) is 0 Å². The molecule has 10 heteroatoms. The lowest BCUT2D eigenvalue weighted by Gasteiger charge is -2.39. The number of carbonyl (C=O) groups excluding carboxylic acids is 3.